The molecule has 86 valence electrons. The molecule has 2 aliphatic rings. The topological polar surface area (TPSA) is 35.2 Å². The van der Waals surface area contributed by atoms with Gasteiger partial charge in [-0.25, -0.2) is 8.78 Å². The Morgan fingerprint density at radius 1 is 1.06 bits per heavy atom. The summed E-state index contributed by atoms with van der Waals surface area (Å²) in [6.07, 6.45) is 3.26. The first-order valence-electron chi connectivity index (χ1n) is 5.54. The maximum atomic E-state index is 13.4. The lowest BCUT2D eigenvalue weighted by atomic mass is 10.2. The third kappa shape index (κ3) is 1.62. The summed E-state index contributed by atoms with van der Waals surface area (Å²) in [7, 11) is 0. The lowest BCUT2D eigenvalue weighted by Crippen LogP contribution is -2.14. The summed E-state index contributed by atoms with van der Waals surface area (Å²) in [5.74, 6) is 0.287. The Balaban J connectivity index is 1.76. The van der Waals surface area contributed by atoms with Crippen LogP contribution in [0.5, 0.6) is 5.75 Å². The minimum Gasteiger partial charge on any atom is -0.487 e. The zero-order chi connectivity index (χ0) is 11.3. The molecule has 0 heterocycles. The Kier molecular flexibility index (Phi) is 2.06. The van der Waals surface area contributed by atoms with Crippen LogP contribution in [0.25, 0.3) is 0 Å². The number of nitrogens with two attached hydrogens (primary N) is 1. The van der Waals surface area contributed by atoms with E-state index in [0.29, 0.717) is 0 Å². The molecule has 4 heteroatoms. The zero-order valence-electron chi connectivity index (χ0n) is 8.75. The number of anilines is 1. The molecule has 2 atom stereocenters. The molecule has 0 bridgehead atoms. The average Bonchev–Trinajstić information content (AvgIpc) is 2.83. The highest BCUT2D eigenvalue weighted by Gasteiger charge is 2.47. The van der Waals surface area contributed by atoms with E-state index in [1.54, 1.807) is 0 Å². The number of hydrogen-bond acceptors (Lipinski definition) is 2. The van der Waals surface area contributed by atoms with E-state index in [2.05, 4.69) is 0 Å². The van der Waals surface area contributed by atoms with Crippen LogP contribution in [0.1, 0.15) is 19.3 Å². The van der Waals surface area contributed by atoms with Gasteiger partial charge in [-0.2, -0.15) is 0 Å². The largest absolute Gasteiger partial charge is 0.487 e. The summed E-state index contributed by atoms with van der Waals surface area (Å²) >= 11 is 0. The van der Waals surface area contributed by atoms with Crippen LogP contribution in [0.3, 0.4) is 0 Å². The number of halogens is 2. The first-order valence-corrected chi connectivity index (χ1v) is 5.54. The van der Waals surface area contributed by atoms with E-state index in [9.17, 15) is 8.78 Å². The quantitative estimate of drug-likeness (QED) is 0.785. The third-order valence-electron chi connectivity index (χ3n) is 3.55. The molecule has 1 aromatic carbocycles. The molecule has 0 spiro atoms. The predicted molar refractivity (Wildman–Crippen MR) is 56.0 cm³/mol. The SMILES string of the molecule is Nc1cc(F)c(OC2CC3CC3C2)cc1F. The van der Waals surface area contributed by atoms with Crippen molar-refractivity contribution in [2.24, 2.45) is 11.8 Å². The van der Waals surface area contributed by atoms with Crippen molar-refractivity contribution >= 4 is 5.69 Å². The number of fused-ring (bicyclic) bond motifs is 1. The van der Waals surface area contributed by atoms with E-state index >= 15 is 0 Å². The van der Waals surface area contributed by atoms with E-state index in [0.717, 1.165) is 36.8 Å². The van der Waals surface area contributed by atoms with Crippen LogP contribution in [-0.2, 0) is 0 Å². The second kappa shape index (κ2) is 3.34. The summed E-state index contributed by atoms with van der Waals surface area (Å²) in [5.41, 5.74) is 5.07. The van der Waals surface area contributed by atoms with Crippen molar-refractivity contribution in [2.75, 3.05) is 5.73 Å². The van der Waals surface area contributed by atoms with E-state index < -0.39 is 11.6 Å². The summed E-state index contributed by atoms with van der Waals surface area (Å²) in [6, 6.07) is 2.01. The van der Waals surface area contributed by atoms with Gasteiger partial charge in [-0.1, -0.05) is 0 Å². The zero-order valence-corrected chi connectivity index (χ0v) is 8.75. The van der Waals surface area contributed by atoms with E-state index in [-0.39, 0.29) is 17.5 Å². The van der Waals surface area contributed by atoms with Crippen molar-refractivity contribution in [1.29, 1.82) is 0 Å². The number of benzene rings is 1. The van der Waals surface area contributed by atoms with E-state index in [1.165, 1.54) is 6.42 Å². The molecule has 2 N–H and O–H groups in total. The highest BCUT2D eigenvalue weighted by Crippen LogP contribution is 2.52. The average molecular weight is 225 g/mol. The molecule has 3 rings (SSSR count). The van der Waals surface area contributed by atoms with Crippen LogP contribution in [0, 0.1) is 23.5 Å². The first kappa shape index (κ1) is 9.87. The standard InChI is InChI=1S/C12H13F2NO/c13-9-5-12(10(14)4-11(9)15)16-8-2-6-1-7(6)3-8/h4-8H,1-3,15H2. The molecule has 2 nitrogen and oxygen atoms in total. The number of rotatable bonds is 2. The highest BCUT2D eigenvalue weighted by atomic mass is 19.1. The number of hydrogen-bond donors (Lipinski definition) is 1. The molecule has 0 amide bonds. The molecule has 16 heavy (non-hydrogen) atoms. The summed E-state index contributed by atoms with van der Waals surface area (Å²) in [5, 5.41) is 0. The van der Waals surface area contributed by atoms with Crippen LogP contribution in [0.15, 0.2) is 12.1 Å². The van der Waals surface area contributed by atoms with Gasteiger partial charge in [-0.15, -0.1) is 0 Å². The molecule has 2 unspecified atom stereocenters. The van der Waals surface area contributed by atoms with Crippen molar-refractivity contribution in [3.05, 3.63) is 23.8 Å². The predicted octanol–water partition coefficient (Wildman–Crippen LogP) is 2.72. The van der Waals surface area contributed by atoms with Gasteiger partial charge in [0.05, 0.1) is 11.8 Å². The van der Waals surface area contributed by atoms with Crippen LogP contribution in [0.2, 0.25) is 0 Å². The van der Waals surface area contributed by atoms with Crippen molar-refractivity contribution in [3.63, 3.8) is 0 Å². The monoisotopic (exact) mass is 225 g/mol. The molecular weight excluding hydrogens is 212 g/mol. The summed E-state index contributed by atoms with van der Waals surface area (Å²) < 4.78 is 32.0. The minimum atomic E-state index is -0.625. The summed E-state index contributed by atoms with van der Waals surface area (Å²) in [6.45, 7) is 0. The fourth-order valence-corrected chi connectivity index (χ4v) is 2.57. The smallest absolute Gasteiger partial charge is 0.167 e. The van der Waals surface area contributed by atoms with E-state index in [4.69, 9.17) is 10.5 Å². The fourth-order valence-electron chi connectivity index (χ4n) is 2.57. The van der Waals surface area contributed by atoms with Gasteiger partial charge in [0.25, 0.3) is 0 Å². The van der Waals surface area contributed by atoms with Crippen molar-refractivity contribution in [2.45, 2.75) is 25.4 Å². The molecular formula is C12H13F2NO. The van der Waals surface area contributed by atoms with E-state index in [1.807, 2.05) is 0 Å². The van der Waals surface area contributed by atoms with Gasteiger partial charge in [0.15, 0.2) is 11.6 Å². The Morgan fingerprint density at radius 3 is 2.44 bits per heavy atom. The minimum absolute atomic E-state index is 0.0157. The lowest BCUT2D eigenvalue weighted by Gasteiger charge is -2.15. The summed E-state index contributed by atoms with van der Waals surface area (Å²) in [4.78, 5) is 0. The van der Waals surface area contributed by atoms with Gasteiger partial charge in [0, 0.05) is 12.1 Å². The number of ether oxygens (including phenoxy) is 1. The van der Waals surface area contributed by atoms with Gasteiger partial charge >= 0.3 is 0 Å². The Morgan fingerprint density at radius 2 is 1.75 bits per heavy atom. The number of nitrogen functional groups attached to an aromatic ring is 1. The van der Waals surface area contributed by atoms with Crippen LogP contribution < -0.4 is 10.5 Å². The van der Waals surface area contributed by atoms with Crippen LogP contribution in [0.4, 0.5) is 14.5 Å². The second-order valence-electron chi connectivity index (χ2n) is 4.77. The van der Waals surface area contributed by atoms with Crippen molar-refractivity contribution in [1.82, 2.24) is 0 Å². The molecule has 2 aliphatic carbocycles. The third-order valence-corrected chi connectivity index (χ3v) is 3.55. The maximum Gasteiger partial charge on any atom is 0.167 e. The normalized spacial score (nSPS) is 31.2. The second-order valence-corrected chi connectivity index (χ2v) is 4.77. The molecule has 1 aromatic rings. The fraction of sp³-hybridized carbons (Fsp3) is 0.500. The molecule has 0 aliphatic heterocycles. The Bertz CT molecular complexity index is 425. The van der Waals surface area contributed by atoms with Crippen molar-refractivity contribution < 1.29 is 13.5 Å². The van der Waals surface area contributed by atoms with Crippen molar-refractivity contribution in [3.8, 4) is 5.75 Å². The lowest BCUT2D eigenvalue weighted by molar-refractivity contribution is 0.185. The Hall–Kier alpha value is -1.32. The first-order chi connectivity index (χ1) is 7.63. The van der Waals surface area contributed by atoms with Gasteiger partial charge in [-0.05, 0) is 31.1 Å². The molecule has 0 aromatic heterocycles. The van der Waals surface area contributed by atoms with Gasteiger partial charge < -0.3 is 10.5 Å². The molecule has 0 saturated heterocycles. The molecule has 2 saturated carbocycles. The van der Waals surface area contributed by atoms with Gasteiger partial charge in [0.1, 0.15) is 5.82 Å². The molecule has 0 radical (unpaired) electrons. The van der Waals surface area contributed by atoms with Crippen LogP contribution >= 0.6 is 0 Å². The van der Waals surface area contributed by atoms with Crippen LogP contribution in [-0.4, -0.2) is 6.10 Å². The maximum absolute atomic E-state index is 13.4. The van der Waals surface area contributed by atoms with Gasteiger partial charge in [0.2, 0.25) is 0 Å². The van der Waals surface area contributed by atoms with Gasteiger partial charge in [-0.3, -0.25) is 0 Å². The highest BCUT2D eigenvalue weighted by molar-refractivity contribution is 5.44. The molecule has 2 fully saturated rings. The Labute approximate surface area is 92.4 Å².